The average molecular weight is 220 g/mol. The number of hydrogen-bond donors (Lipinski definition) is 1. The topological polar surface area (TPSA) is 37.8 Å². The first-order valence-corrected chi connectivity index (χ1v) is 4.92. The van der Waals surface area contributed by atoms with Gasteiger partial charge in [0.1, 0.15) is 11.0 Å². The van der Waals surface area contributed by atoms with Gasteiger partial charge in [0, 0.05) is 12.6 Å². The molecule has 0 radical (unpaired) electrons. The highest BCUT2D eigenvalue weighted by Gasteiger charge is 1.99. The summed E-state index contributed by atoms with van der Waals surface area (Å²) in [5.74, 6) is 0.679. The highest BCUT2D eigenvalue weighted by atomic mass is 35.5. The molecule has 13 heavy (non-hydrogen) atoms. The van der Waals surface area contributed by atoms with Crippen LogP contribution in [0.1, 0.15) is 19.8 Å². The third-order valence-corrected chi connectivity index (χ3v) is 1.87. The van der Waals surface area contributed by atoms with Crippen LogP contribution in [0.25, 0.3) is 0 Å². The predicted molar refractivity (Wildman–Crippen MR) is 55.4 cm³/mol. The van der Waals surface area contributed by atoms with Crippen molar-refractivity contribution in [2.75, 3.05) is 11.9 Å². The summed E-state index contributed by atoms with van der Waals surface area (Å²) in [4.78, 5) is 7.71. The number of halogens is 2. The summed E-state index contributed by atoms with van der Waals surface area (Å²) in [6.07, 6.45) is 2.23. The Bertz CT molecular complexity index is 258. The maximum atomic E-state index is 5.69. The fourth-order valence-electron chi connectivity index (χ4n) is 0.874. The largest absolute Gasteiger partial charge is 0.370 e. The number of nitrogens with zero attached hydrogens (tertiary/aromatic N) is 2. The second-order valence-electron chi connectivity index (χ2n) is 2.63. The zero-order chi connectivity index (χ0) is 9.68. The summed E-state index contributed by atoms with van der Waals surface area (Å²) in [6, 6.07) is 1.66. The Balaban J connectivity index is 2.56. The standard InChI is InChI=1S/C8H11Cl2N3/c1-2-3-4-11-7-5-6(9)12-8(10)13-7/h5H,2-4H2,1H3,(H,11,12,13). The highest BCUT2D eigenvalue weighted by molar-refractivity contribution is 6.32. The van der Waals surface area contributed by atoms with Crippen LogP contribution < -0.4 is 5.32 Å². The molecule has 5 heteroatoms. The van der Waals surface area contributed by atoms with Gasteiger partial charge in [-0.2, -0.15) is 0 Å². The summed E-state index contributed by atoms with van der Waals surface area (Å²) >= 11 is 11.3. The van der Waals surface area contributed by atoms with Crippen molar-refractivity contribution in [1.29, 1.82) is 0 Å². The summed E-state index contributed by atoms with van der Waals surface area (Å²) in [5, 5.41) is 3.64. The third kappa shape index (κ3) is 3.79. The lowest BCUT2D eigenvalue weighted by Gasteiger charge is -2.04. The van der Waals surface area contributed by atoms with Gasteiger partial charge in [0.05, 0.1) is 0 Å². The fraction of sp³-hybridized carbons (Fsp3) is 0.500. The van der Waals surface area contributed by atoms with Gasteiger partial charge in [-0.15, -0.1) is 0 Å². The van der Waals surface area contributed by atoms with E-state index < -0.39 is 0 Å². The van der Waals surface area contributed by atoms with Gasteiger partial charge in [0.15, 0.2) is 0 Å². The van der Waals surface area contributed by atoms with E-state index in [1.165, 1.54) is 0 Å². The molecular formula is C8H11Cl2N3. The normalized spacial score (nSPS) is 10.1. The van der Waals surface area contributed by atoms with Crippen molar-refractivity contribution in [3.63, 3.8) is 0 Å². The Hall–Kier alpha value is -0.540. The first-order valence-electron chi connectivity index (χ1n) is 4.16. The van der Waals surface area contributed by atoms with Crippen LogP contribution in [0.15, 0.2) is 6.07 Å². The molecule has 0 saturated heterocycles. The molecule has 1 rings (SSSR count). The molecule has 72 valence electrons. The second kappa shape index (κ2) is 5.25. The zero-order valence-electron chi connectivity index (χ0n) is 7.35. The predicted octanol–water partition coefficient (Wildman–Crippen LogP) is 3.00. The number of unbranched alkanes of at least 4 members (excludes halogenated alkanes) is 1. The molecule has 0 saturated carbocycles. The molecule has 0 aromatic carbocycles. The number of rotatable bonds is 4. The van der Waals surface area contributed by atoms with E-state index in [1.807, 2.05) is 0 Å². The molecule has 1 N–H and O–H groups in total. The Kier molecular flexibility index (Phi) is 4.25. The smallest absolute Gasteiger partial charge is 0.225 e. The minimum Gasteiger partial charge on any atom is -0.370 e. The molecule has 0 amide bonds. The van der Waals surface area contributed by atoms with Crippen molar-refractivity contribution in [2.24, 2.45) is 0 Å². The molecule has 0 spiro atoms. The number of anilines is 1. The van der Waals surface area contributed by atoms with Gasteiger partial charge in [0.2, 0.25) is 5.28 Å². The number of nitrogens with one attached hydrogen (secondary N) is 1. The average Bonchev–Trinajstić information content (AvgIpc) is 2.03. The Labute approximate surface area is 87.5 Å². The van der Waals surface area contributed by atoms with Crippen LogP contribution in [0.4, 0.5) is 5.82 Å². The summed E-state index contributed by atoms with van der Waals surface area (Å²) < 4.78 is 0. The first-order chi connectivity index (χ1) is 6.22. The quantitative estimate of drug-likeness (QED) is 0.481. The molecule has 1 aromatic rings. The monoisotopic (exact) mass is 219 g/mol. The van der Waals surface area contributed by atoms with E-state index in [1.54, 1.807) is 6.07 Å². The molecule has 0 atom stereocenters. The third-order valence-electron chi connectivity index (χ3n) is 1.50. The van der Waals surface area contributed by atoms with Crippen molar-refractivity contribution in [2.45, 2.75) is 19.8 Å². The lowest BCUT2D eigenvalue weighted by molar-refractivity contribution is 0.830. The van der Waals surface area contributed by atoms with Crippen molar-refractivity contribution in [3.05, 3.63) is 16.5 Å². The molecule has 3 nitrogen and oxygen atoms in total. The molecule has 1 heterocycles. The van der Waals surface area contributed by atoms with E-state index >= 15 is 0 Å². The second-order valence-corrected chi connectivity index (χ2v) is 3.35. The van der Waals surface area contributed by atoms with Crippen LogP contribution in [0.3, 0.4) is 0 Å². The van der Waals surface area contributed by atoms with E-state index in [0.29, 0.717) is 11.0 Å². The highest BCUT2D eigenvalue weighted by Crippen LogP contribution is 2.14. The van der Waals surface area contributed by atoms with Gasteiger partial charge in [-0.25, -0.2) is 9.97 Å². The van der Waals surface area contributed by atoms with Crippen LogP contribution in [-0.4, -0.2) is 16.5 Å². The molecular weight excluding hydrogens is 209 g/mol. The summed E-state index contributed by atoms with van der Waals surface area (Å²) in [7, 11) is 0. The number of aromatic nitrogens is 2. The van der Waals surface area contributed by atoms with Gasteiger partial charge >= 0.3 is 0 Å². The summed E-state index contributed by atoms with van der Waals surface area (Å²) in [6.45, 7) is 3.00. The van der Waals surface area contributed by atoms with Crippen molar-refractivity contribution in [3.8, 4) is 0 Å². The van der Waals surface area contributed by atoms with Crippen LogP contribution >= 0.6 is 23.2 Å². The first kappa shape index (κ1) is 10.5. The molecule has 0 aliphatic heterocycles. The van der Waals surface area contributed by atoms with Gasteiger partial charge in [-0.3, -0.25) is 0 Å². The van der Waals surface area contributed by atoms with Crippen LogP contribution in [0, 0.1) is 0 Å². The molecule has 0 aliphatic carbocycles. The molecule has 1 aromatic heterocycles. The van der Waals surface area contributed by atoms with E-state index in [4.69, 9.17) is 23.2 Å². The fourth-order valence-corrected chi connectivity index (χ4v) is 1.28. The lowest BCUT2D eigenvalue weighted by atomic mass is 10.3. The van der Waals surface area contributed by atoms with E-state index in [0.717, 1.165) is 19.4 Å². The van der Waals surface area contributed by atoms with E-state index in [-0.39, 0.29) is 5.28 Å². The van der Waals surface area contributed by atoms with Crippen molar-refractivity contribution in [1.82, 2.24) is 9.97 Å². The van der Waals surface area contributed by atoms with Crippen LogP contribution in [0.5, 0.6) is 0 Å². The van der Waals surface area contributed by atoms with Gasteiger partial charge < -0.3 is 5.32 Å². The minimum absolute atomic E-state index is 0.173. The zero-order valence-corrected chi connectivity index (χ0v) is 8.86. The van der Waals surface area contributed by atoms with E-state index in [9.17, 15) is 0 Å². The molecule has 0 bridgehead atoms. The Morgan fingerprint density at radius 2 is 2.15 bits per heavy atom. The Morgan fingerprint density at radius 1 is 1.38 bits per heavy atom. The van der Waals surface area contributed by atoms with Crippen LogP contribution in [0.2, 0.25) is 10.4 Å². The Morgan fingerprint density at radius 3 is 2.77 bits per heavy atom. The molecule has 0 fully saturated rings. The van der Waals surface area contributed by atoms with Crippen molar-refractivity contribution >= 4 is 29.0 Å². The van der Waals surface area contributed by atoms with Crippen molar-refractivity contribution < 1.29 is 0 Å². The maximum absolute atomic E-state index is 5.69. The van der Waals surface area contributed by atoms with Gasteiger partial charge in [0.25, 0.3) is 0 Å². The maximum Gasteiger partial charge on any atom is 0.225 e. The molecule has 0 unspecified atom stereocenters. The van der Waals surface area contributed by atoms with Crippen LogP contribution in [-0.2, 0) is 0 Å². The number of hydrogen-bond acceptors (Lipinski definition) is 3. The van der Waals surface area contributed by atoms with E-state index in [2.05, 4.69) is 22.2 Å². The lowest BCUT2D eigenvalue weighted by Crippen LogP contribution is -2.03. The SMILES string of the molecule is CCCCNc1cc(Cl)nc(Cl)n1. The minimum atomic E-state index is 0.173. The van der Waals surface area contributed by atoms with Gasteiger partial charge in [-0.05, 0) is 18.0 Å². The summed E-state index contributed by atoms with van der Waals surface area (Å²) in [5.41, 5.74) is 0. The van der Waals surface area contributed by atoms with Gasteiger partial charge in [-0.1, -0.05) is 24.9 Å². The molecule has 0 aliphatic rings.